The number of nitrogens with zero attached hydrogens (tertiary/aromatic N) is 4. The Hall–Kier alpha value is -3.70. The Morgan fingerprint density at radius 3 is 1.79 bits per heavy atom. The molecule has 172 valence electrons. The maximum absolute atomic E-state index is 5.73. The van der Waals surface area contributed by atoms with Crippen LogP contribution in [0.2, 0.25) is 0 Å². The number of piperidine rings is 1. The molecule has 5 nitrogen and oxygen atoms in total. The Morgan fingerprint density at radius 2 is 1.29 bits per heavy atom. The maximum atomic E-state index is 5.73. The molecule has 0 spiro atoms. The van der Waals surface area contributed by atoms with E-state index in [4.69, 9.17) is 9.82 Å². The number of rotatable bonds is 7. The third-order valence-corrected chi connectivity index (χ3v) is 6.57. The summed E-state index contributed by atoms with van der Waals surface area (Å²) in [6.07, 6.45) is 5.92. The van der Waals surface area contributed by atoms with E-state index in [9.17, 15) is 0 Å². The zero-order chi connectivity index (χ0) is 23.2. The molecule has 0 N–H and O–H groups in total. The lowest BCUT2D eigenvalue weighted by molar-refractivity contribution is 0.125. The van der Waals surface area contributed by atoms with Gasteiger partial charge in [-0.05, 0) is 23.7 Å². The summed E-state index contributed by atoms with van der Waals surface area (Å²) in [5, 5.41) is 4.40. The van der Waals surface area contributed by atoms with E-state index in [1.165, 1.54) is 16.7 Å². The van der Waals surface area contributed by atoms with Crippen molar-refractivity contribution in [3.63, 3.8) is 0 Å². The van der Waals surface area contributed by atoms with E-state index in [1.807, 2.05) is 6.33 Å². The summed E-state index contributed by atoms with van der Waals surface area (Å²) in [5.41, 5.74) is 4.93. The zero-order valence-corrected chi connectivity index (χ0v) is 19.5. The normalized spacial score (nSPS) is 14.7. The molecule has 1 aliphatic heterocycles. The first-order chi connectivity index (χ1) is 16.8. The van der Waals surface area contributed by atoms with Crippen LogP contribution in [-0.4, -0.2) is 40.3 Å². The van der Waals surface area contributed by atoms with Gasteiger partial charge >= 0.3 is 0 Å². The molecule has 0 aliphatic carbocycles. The summed E-state index contributed by atoms with van der Waals surface area (Å²) >= 11 is 0. The first-order valence-electron chi connectivity index (χ1n) is 11.8. The van der Waals surface area contributed by atoms with Gasteiger partial charge in [0, 0.05) is 32.1 Å². The molecular weight excluding hydrogens is 420 g/mol. The van der Waals surface area contributed by atoms with Crippen molar-refractivity contribution in [2.24, 2.45) is 5.16 Å². The number of imidazole rings is 1. The molecule has 34 heavy (non-hydrogen) atoms. The van der Waals surface area contributed by atoms with Crippen molar-refractivity contribution >= 4 is 5.71 Å². The van der Waals surface area contributed by atoms with Crippen LogP contribution < -0.4 is 0 Å². The molecule has 3 aromatic carbocycles. The van der Waals surface area contributed by atoms with Crippen LogP contribution in [0.5, 0.6) is 0 Å². The van der Waals surface area contributed by atoms with Crippen LogP contribution in [0.15, 0.2) is 109 Å². The van der Waals surface area contributed by atoms with Crippen molar-refractivity contribution in [2.75, 3.05) is 20.1 Å². The first kappa shape index (κ1) is 22.1. The molecule has 5 rings (SSSR count). The summed E-state index contributed by atoms with van der Waals surface area (Å²) in [6, 6.07) is 31.8. The highest BCUT2D eigenvalue weighted by molar-refractivity contribution is 5.84. The second-order valence-corrected chi connectivity index (χ2v) is 8.81. The molecule has 0 unspecified atom stereocenters. The fourth-order valence-electron chi connectivity index (χ4n) is 4.76. The smallest absolute Gasteiger partial charge is 0.160 e. The largest absolute Gasteiger partial charge is 0.389 e. The third-order valence-electron chi connectivity index (χ3n) is 6.57. The maximum Gasteiger partial charge on any atom is 0.160 e. The van der Waals surface area contributed by atoms with Crippen LogP contribution in [0.25, 0.3) is 0 Å². The third kappa shape index (κ3) is 4.39. The first-order valence-corrected chi connectivity index (χ1v) is 11.8. The Balaban J connectivity index is 1.53. The van der Waals surface area contributed by atoms with Gasteiger partial charge in [0.25, 0.3) is 0 Å². The van der Waals surface area contributed by atoms with Gasteiger partial charge < -0.3 is 14.3 Å². The number of likely N-dealkylation sites (tertiary alicyclic amines) is 1. The van der Waals surface area contributed by atoms with Crippen LogP contribution >= 0.6 is 0 Å². The van der Waals surface area contributed by atoms with Gasteiger partial charge in [-0.1, -0.05) is 96.2 Å². The minimum Gasteiger partial charge on any atom is -0.389 e. The van der Waals surface area contributed by atoms with Gasteiger partial charge in [-0.3, -0.25) is 0 Å². The highest BCUT2D eigenvalue weighted by Gasteiger charge is 2.38. The van der Waals surface area contributed by atoms with E-state index >= 15 is 0 Å². The molecule has 0 radical (unpaired) electrons. The highest BCUT2D eigenvalue weighted by atomic mass is 16.6. The average molecular weight is 451 g/mol. The highest BCUT2D eigenvalue weighted by Crippen LogP contribution is 2.40. The molecule has 4 aromatic rings. The summed E-state index contributed by atoms with van der Waals surface area (Å²) in [4.78, 5) is 12.8. The van der Waals surface area contributed by atoms with Crippen LogP contribution in [0.1, 0.15) is 35.2 Å². The van der Waals surface area contributed by atoms with Crippen molar-refractivity contribution in [1.82, 2.24) is 14.5 Å². The Kier molecular flexibility index (Phi) is 6.54. The fraction of sp³-hybridized carbons (Fsp3) is 0.241. The van der Waals surface area contributed by atoms with Gasteiger partial charge in [0.1, 0.15) is 5.54 Å². The van der Waals surface area contributed by atoms with Gasteiger partial charge in [-0.2, -0.15) is 0 Å². The molecule has 1 fully saturated rings. The van der Waals surface area contributed by atoms with E-state index in [1.54, 1.807) is 0 Å². The van der Waals surface area contributed by atoms with Crippen LogP contribution in [0.4, 0.5) is 0 Å². The Bertz CT molecular complexity index is 1110. The minimum atomic E-state index is -0.561. The molecule has 5 heteroatoms. The number of hydrogen-bond donors (Lipinski definition) is 0. The lowest BCUT2D eigenvalue weighted by atomic mass is 9.77. The van der Waals surface area contributed by atoms with E-state index in [0.29, 0.717) is 6.61 Å². The molecule has 0 bridgehead atoms. The molecule has 1 saturated heterocycles. The van der Waals surface area contributed by atoms with Crippen LogP contribution in [-0.2, 0) is 17.0 Å². The molecule has 1 aromatic heterocycles. The predicted molar refractivity (Wildman–Crippen MR) is 136 cm³/mol. The summed E-state index contributed by atoms with van der Waals surface area (Å²) in [7, 11) is 2.14. The number of oxime groups is 1. The minimum absolute atomic E-state index is 0.348. The lowest BCUT2D eigenvalue weighted by Crippen LogP contribution is -2.36. The molecule has 0 amide bonds. The zero-order valence-electron chi connectivity index (χ0n) is 19.5. The van der Waals surface area contributed by atoms with Crippen LogP contribution in [0.3, 0.4) is 0 Å². The van der Waals surface area contributed by atoms with Crippen molar-refractivity contribution in [2.45, 2.75) is 25.0 Å². The SMILES string of the molecule is CN1CCC(=NOCc2cn(C(c3ccccc3)(c3ccccc3)c3ccccc3)cn2)CC1. The second kappa shape index (κ2) is 10.1. The summed E-state index contributed by atoms with van der Waals surface area (Å²) < 4.78 is 2.20. The molecule has 2 heterocycles. The predicted octanol–water partition coefficient (Wildman–Crippen LogP) is 5.32. The topological polar surface area (TPSA) is 42.6 Å². The molecule has 0 saturated carbocycles. The van der Waals surface area contributed by atoms with Gasteiger partial charge in [-0.25, -0.2) is 4.98 Å². The Labute approximate surface area is 201 Å². The van der Waals surface area contributed by atoms with Crippen molar-refractivity contribution in [3.05, 3.63) is 126 Å². The van der Waals surface area contributed by atoms with E-state index in [0.717, 1.165) is 37.3 Å². The summed E-state index contributed by atoms with van der Waals surface area (Å²) in [6.45, 7) is 2.41. The second-order valence-electron chi connectivity index (χ2n) is 8.81. The fourth-order valence-corrected chi connectivity index (χ4v) is 4.76. The average Bonchev–Trinajstić information content (AvgIpc) is 3.37. The van der Waals surface area contributed by atoms with Gasteiger partial charge in [0.15, 0.2) is 6.61 Å². The standard InChI is InChI=1S/C29H30N4O/c1-32-19-17-27(18-20-32)31-34-22-28-21-33(23-30-28)29(24-11-5-2-6-12-24,25-13-7-3-8-14-25)26-15-9-4-10-16-26/h2-16,21,23H,17-20,22H2,1H3. The van der Waals surface area contributed by atoms with Crippen molar-refractivity contribution in [3.8, 4) is 0 Å². The lowest BCUT2D eigenvalue weighted by Gasteiger charge is -2.37. The van der Waals surface area contributed by atoms with E-state index < -0.39 is 5.54 Å². The number of benzene rings is 3. The van der Waals surface area contributed by atoms with Crippen molar-refractivity contribution in [1.29, 1.82) is 0 Å². The Morgan fingerprint density at radius 1 is 0.794 bits per heavy atom. The van der Waals surface area contributed by atoms with Crippen molar-refractivity contribution < 1.29 is 4.84 Å². The summed E-state index contributed by atoms with van der Waals surface area (Å²) in [5.74, 6) is 0. The van der Waals surface area contributed by atoms with Crippen LogP contribution in [0, 0.1) is 0 Å². The quantitative estimate of drug-likeness (QED) is 0.283. The molecule has 1 aliphatic rings. The number of hydrogen-bond acceptors (Lipinski definition) is 4. The number of aromatic nitrogens is 2. The van der Waals surface area contributed by atoms with Gasteiger partial charge in [0.05, 0.1) is 17.7 Å². The van der Waals surface area contributed by atoms with E-state index in [2.05, 4.69) is 119 Å². The monoisotopic (exact) mass is 450 g/mol. The van der Waals surface area contributed by atoms with Gasteiger partial charge in [-0.15, -0.1) is 0 Å². The molecule has 0 atom stereocenters. The molecular formula is C29H30N4O. The van der Waals surface area contributed by atoms with Gasteiger partial charge in [0.2, 0.25) is 0 Å². The van der Waals surface area contributed by atoms with E-state index in [-0.39, 0.29) is 0 Å².